The topological polar surface area (TPSA) is 24.1 Å². The van der Waals surface area contributed by atoms with E-state index >= 15 is 0 Å². The summed E-state index contributed by atoms with van der Waals surface area (Å²) in [5.74, 6) is 1.53. The lowest BCUT2D eigenvalue weighted by molar-refractivity contribution is 0.637. The highest BCUT2D eigenvalue weighted by atomic mass is 35.5. The zero-order chi connectivity index (χ0) is 17.5. The zero-order valence-electron chi connectivity index (χ0n) is 14.2. The Morgan fingerprint density at radius 1 is 1.12 bits per heavy atom. The van der Waals surface area contributed by atoms with E-state index in [0.717, 1.165) is 23.0 Å². The summed E-state index contributed by atoms with van der Waals surface area (Å²) < 4.78 is 0. The number of anilines is 1. The monoisotopic (exact) mass is 378 g/mol. The molecule has 0 bridgehead atoms. The van der Waals surface area contributed by atoms with Crippen LogP contribution in [0, 0.1) is 19.8 Å². The third-order valence-electron chi connectivity index (χ3n) is 3.72. The summed E-state index contributed by atoms with van der Waals surface area (Å²) in [6, 6.07) is 14.2. The number of thiocarbonyl (C=S) groups is 1. The first-order chi connectivity index (χ1) is 11.4. The van der Waals surface area contributed by atoms with Crippen molar-refractivity contribution in [3.8, 4) is 0 Å². The number of halogens is 1. The summed E-state index contributed by atoms with van der Waals surface area (Å²) in [4.78, 5) is 1.24. The Balaban J connectivity index is 1.72. The number of hydrogen-bond donors (Lipinski definition) is 2. The normalized spacial score (nSPS) is 11.8. The summed E-state index contributed by atoms with van der Waals surface area (Å²) in [6.07, 6.45) is 0. The molecule has 24 heavy (non-hydrogen) atoms. The van der Waals surface area contributed by atoms with Crippen molar-refractivity contribution in [1.29, 1.82) is 0 Å². The molecule has 2 aromatic rings. The molecule has 0 aliphatic carbocycles. The largest absolute Gasteiger partial charge is 0.362 e. The van der Waals surface area contributed by atoms with Gasteiger partial charge in [0.2, 0.25) is 0 Å². The minimum atomic E-state index is 0.505. The second-order valence-electron chi connectivity index (χ2n) is 6.00. The predicted octanol–water partition coefficient (Wildman–Crippen LogP) is 5.67. The number of aryl methyl sites for hydroxylation is 2. The summed E-state index contributed by atoms with van der Waals surface area (Å²) in [5, 5.41) is 7.98. The summed E-state index contributed by atoms with van der Waals surface area (Å²) in [6.45, 7) is 7.27. The van der Waals surface area contributed by atoms with Gasteiger partial charge in [-0.2, -0.15) is 0 Å². The van der Waals surface area contributed by atoms with Crippen LogP contribution in [0.5, 0.6) is 0 Å². The lowest BCUT2D eigenvalue weighted by atomic mass is 10.1. The minimum Gasteiger partial charge on any atom is -0.362 e. The SMILES string of the molecule is Cc1ccc(NC(=S)NC[C@H](C)CSc2ccc(Cl)cc2)cc1C. The molecular formula is C19H23ClN2S2. The van der Waals surface area contributed by atoms with Gasteiger partial charge >= 0.3 is 0 Å². The standard InChI is InChI=1S/C19H23ClN2S2/c1-13(12-24-18-8-5-16(20)6-9-18)11-21-19(23)22-17-7-4-14(2)15(3)10-17/h4-10,13H,11-12H2,1-3H3,(H2,21,22,23)/t13-/m0/s1. The average Bonchev–Trinajstić information content (AvgIpc) is 2.56. The maximum atomic E-state index is 5.90. The molecule has 2 rings (SSSR count). The van der Waals surface area contributed by atoms with Gasteiger partial charge in [-0.15, -0.1) is 11.8 Å². The van der Waals surface area contributed by atoms with E-state index in [1.807, 2.05) is 23.9 Å². The molecule has 0 saturated heterocycles. The van der Waals surface area contributed by atoms with Gasteiger partial charge in [0.05, 0.1) is 0 Å². The van der Waals surface area contributed by atoms with E-state index in [2.05, 4.69) is 61.7 Å². The van der Waals surface area contributed by atoms with Gasteiger partial charge in [-0.25, -0.2) is 0 Å². The van der Waals surface area contributed by atoms with Crippen molar-refractivity contribution in [2.24, 2.45) is 5.92 Å². The van der Waals surface area contributed by atoms with E-state index in [0.29, 0.717) is 11.0 Å². The maximum Gasteiger partial charge on any atom is 0.170 e. The molecule has 0 heterocycles. The summed E-state index contributed by atoms with van der Waals surface area (Å²) in [5.41, 5.74) is 3.57. The van der Waals surface area contributed by atoms with Crippen molar-refractivity contribution in [1.82, 2.24) is 5.32 Å². The molecule has 0 fully saturated rings. The molecule has 128 valence electrons. The molecule has 0 radical (unpaired) electrons. The number of thioether (sulfide) groups is 1. The second-order valence-corrected chi connectivity index (χ2v) is 7.94. The molecule has 2 nitrogen and oxygen atoms in total. The fourth-order valence-corrected chi connectivity index (χ4v) is 3.34. The van der Waals surface area contributed by atoms with Crippen LogP contribution in [-0.4, -0.2) is 17.4 Å². The Labute approximate surface area is 159 Å². The molecule has 0 saturated carbocycles. The van der Waals surface area contributed by atoms with Gasteiger partial charge in [0.1, 0.15) is 0 Å². The Morgan fingerprint density at radius 2 is 1.83 bits per heavy atom. The van der Waals surface area contributed by atoms with Crippen molar-refractivity contribution in [2.45, 2.75) is 25.7 Å². The Bertz CT molecular complexity index is 686. The van der Waals surface area contributed by atoms with Crippen molar-refractivity contribution in [3.63, 3.8) is 0 Å². The van der Waals surface area contributed by atoms with Gasteiger partial charge < -0.3 is 10.6 Å². The van der Waals surface area contributed by atoms with Gasteiger partial charge in [-0.05, 0) is 79.5 Å². The predicted molar refractivity (Wildman–Crippen MR) is 111 cm³/mol. The maximum absolute atomic E-state index is 5.90. The van der Waals surface area contributed by atoms with Crippen LogP contribution in [0.1, 0.15) is 18.1 Å². The molecule has 2 aromatic carbocycles. The Hall–Kier alpha value is -1.23. The van der Waals surface area contributed by atoms with E-state index in [-0.39, 0.29) is 0 Å². The number of rotatable bonds is 6. The average molecular weight is 379 g/mol. The molecule has 0 amide bonds. The van der Waals surface area contributed by atoms with Crippen LogP contribution in [0.15, 0.2) is 47.4 Å². The third-order valence-corrected chi connectivity index (χ3v) is 5.56. The minimum absolute atomic E-state index is 0.505. The molecule has 2 N–H and O–H groups in total. The van der Waals surface area contributed by atoms with Crippen LogP contribution >= 0.6 is 35.6 Å². The van der Waals surface area contributed by atoms with E-state index in [1.165, 1.54) is 16.0 Å². The van der Waals surface area contributed by atoms with Gasteiger partial charge in [0, 0.05) is 27.9 Å². The van der Waals surface area contributed by atoms with Crippen LogP contribution < -0.4 is 10.6 Å². The van der Waals surface area contributed by atoms with E-state index in [9.17, 15) is 0 Å². The second kappa shape index (κ2) is 9.30. The van der Waals surface area contributed by atoms with Crippen molar-refractivity contribution in [2.75, 3.05) is 17.6 Å². The highest BCUT2D eigenvalue weighted by Gasteiger charge is 2.05. The van der Waals surface area contributed by atoms with E-state index < -0.39 is 0 Å². The number of hydrogen-bond acceptors (Lipinski definition) is 2. The summed E-state index contributed by atoms with van der Waals surface area (Å²) >= 11 is 13.1. The van der Waals surface area contributed by atoms with Crippen molar-refractivity contribution >= 4 is 46.4 Å². The van der Waals surface area contributed by atoms with E-state index in [4.69, 9.17) is 23.8 Å². The van der Waals surface area contributed by atoms with E-state index in [1.54, 1.807) is 0 Å². The van der Waals surface area contributed by atoms with Crippen molar-refractivity contribution < 1.29 is 0 Å². The first-order valence-electron chi connectivity index (χ1n) is 7.94. The van der Waals surface area contributed by atoms with Crippen LogP contribution in [0.3, 0.4) is 0 Å². The molecule has 0 aliphatic heterocycles. The fourth-order valence-electron chi connectivity index (χ4n) is 2.09. The summed E-state index contributed by atoms with van der Waals surface area (Å²) in [7, 11) is 0. The third kappa shape index (κ3) is 6.34. The van der Waals surface area contributed by atoms with Gasteiger partial charge in [0.15, 0.2) is 5.11 Å². The quantitative estimate of drug-likeness (QED) is 0.499. The Kier molecular flexibility index (Phi) is 7.40. The van der Waals surface area contributed by atoms with Crippen LogP contribution in [-0.2, 0) is 0 Å². The van der Waals surface area contributed by atoms with Crippen molar-refractivity contribution in [3.05, 3.63) is 58.6 Å². The lowest BCUT2D eigenvalue weighted by Gasteiger charge is -2.15. The number of benzene rings is 2. The highest BCUT2D eigenvalue weighted by molar-refractivity contribution is 7.99. The van der Waals surface area contributed by atoms with Crippen LogP contribution in [0.4, 0.5) is 5.69 Å². The molecule has 0 spiro atoms. The molecular weight excluding hydrogens is 356 g/mol. The molecule has 0 unspecified atom stereocenters. The van der Waals surface area contributed by atoms with Gasteiger partial charge in [-0.3, -0.25) is 0 Å². The van der Waals surface area contributed by atoms with Gasteiger partial charge in [-0.1, -0.05) is 24.6 Å². The lowest BCUT2D eigenvalue weighted by Crippen LogP contribution is -2.32. The molecule has 0 aromatic heterocycles. The van der Waals surface area contributed by atoms with Crippen LogP contribution in [0.2, 0.25) is 5.02 Å². The molecule has 0 aliphatic rings. The van der Waals surface area contributed by atoms with Crippen LogP contribution in [0.25, 0.3) is 0 Å². The smallest absolute Gasteiger partial charge is 0.170 e. The Morgan fingerprint density at radius 3 is 2.50 bits per heavy atom. The molecule has 1 atom stereocenters. The highest BCUT2D eigenvalue weighted by Crippen LogP contribution is 2.22. The zero-order valence-corrected chi connectivity index (χ0v) is 16.6. The molecule has 5 heteroatoms. The first kappa shape index (κ1) is 19.1. The number of nitrogens with one attached hydrogen (secondary N) is 2. The first-order valence-corrected chi connectivity index (χ1v) is 9.71. The fraction of sp³-hybridized carbons (Fsp3) is 0.316. The van der Waals surface area contributed by atoms with Gasteiger partial charge in [0.25, 0.3) is 0 Å².